The predicted octanol–water partition coefficient (Wildman–Crippen LogP) is 4.25. The van der Waals surface area contributed by atoms with Crippen molar-refractivity contribution in [3.63, 3.8) is 0 Å². The molecule has 3 rings (SSSR count). The van der Waals surface area contributed by atoms with Gasteiger partial charge < -0.3 is 14.2 Å². The first-order chi connectivity index (χ1) is 11.6. The van der Waals surface area contributed by atoms with E-state index in [2.05, 4.69) is 4.74 Å². The third kappa shape index (κ3) is 4.71. The molecule has 0 aliphatic carbocycles. The van der Waals surface area contributed by atoms with Gasteiger partial charge in [0.15, 0.2) is 0 Å². The Hall–Kier alpha value is -1.59. The van der Waals surface area contributed by atoms with Crippen molar-refractivity contribution in [1.82, 2.24) is 0 Å². The van der Waals surface area contributed by atoms with Crippen molar-refractivity contribution in [2.24, 2.45) is 0 Å². The van der Waals surface area contributed by atoms with Gasteiger partial charge >= 0.3 is 5.97 Å². The summed E-state index contributed by atoms with van der Waals surface area (Å²) < 4.78 is 15.5. The van der Waals surface area contributed by atoms with Gasteiger partial charge in [0.2, 0.25) is 5.79 Å². The van der Waals surface area contributed by atoms with Crippen molar-refractivity contribution in [3.8, 4) is 0 Å². The highest BCUT2D eigenvalue weighted by atomic mass is 35.5. The molecule has 2 aromatic rings. The average Bonchev–Trinajstić information content (AvgIpc) is 3.13. The van der Waals surface area contributed by atoms with Crippen LogP contribution < -0.4 is 0 Å². The Labute approximate surface area is 151 Å². The van der Waals surface area contributed by atoms with Gasteiger partial charge in [0.1, 0.15) is 0 Å². The number of halogens is 2. The first-order valence-corrected chi connectivity index (χ1v) is 8.26. The monoisotopic (exact) mass is 368 g/mol. The van der Waals surface area contributed by atoms with Crippen molar-refractivity contribution < 1.29 is 19.0 Å². The SMILES string of the molecule is COC(=O)c1ccccc1.ClCC1(c2ccc(Cl)cc2)OCCO1. The number of benzene rings is 2. The molecule has 24 heavy (non-hydrogen) atoms. The van der Waals surface area contributed by atoms with Gasteiger partial charge in [0.05, 0.1) is 31.8 Å². The Morgan fingerprint density at radius 3 is 2.17 bits per heavy atom. The fraction of sp³-hybridized carbons (Fsp3) is 0.278. The third-order valence-electron chi connectivity index (χ3n) is 3.41. The normalized spacial score (nSPS) is 15.3. The van der Waals surface area contributed by atoms with Gasteiger partial charge in [0, 0.05) is 10.6 Å². The molecule has 6 heteroatoms. The van der Waals surface area contributed by atoms with Crippen LogP contribution in [0, 0.1) is 0 Å². The number of rotatable bonds is 3. The minimum absolute atomic E-state index is 0.286. The molecule has 1 heterocycles. The molecule has 0 N–H and O–H groups in total. The van der Waals surface area contributed by atoms with Crippen LogP contribution in [0.1, 0.15) is 15.9 Å². The second-order valence-corrected chi connectivity index (χ2v) is 5.65. The number of hydrogen-bond donors (Lipinski definition) is 0. The molecular formula is C18H18Cl2O4. The van der Waals surface area contributed by atoms with E-state index in [1.54, 1.807) is 36.4 Å². The van der Waals surface area contributed by atoms with E-state index < -0.39 is 5.79 Å². The highest BCUT2D eigenvalue weighted by Gasteiger charge is 2.37. The number of carbonyl (C=O) groups is 1. The van der Waals surface area contributed by atoms with Crippen molar-refractivity contribution in [3.05, 3.63) is 70.7 Å². The van der Waals surface area contributed by atoms with Crippen molar-refractivity contribution >= 4 is 29.2 Å². The van der Waals surface area contributed by atoms with E-state index in [0.717, 1.165) is 5.56 Å². The Bertz CT molecular complexity index is 638. The first-order valence-electron chi connectivity index (χ1n) is 7.34. The zero-order valence-electron chi connectivity index (χ0n) is 13.2. The minimum atomic E-state index is -0.772. The summed E-state index contributed by atoms with van der Waals surface area (Å²) in [6.45, 7) is 1.16. The minimum Gasteiger partial charge on any atom is -0.465 e. The summed E-state index contributed by atoms with van der Waals surface area (Å²) in [7, 11) is 1.37. The van der Waals surface area contributed by atoms with Crippen molar-refractivity contribution in [2.75, 3.05) is 26.2 Å². The van der Waals surface area contributed by atoms with Crippen LogP contribution in [-0.4, -0.2) is 32.2 Å². The highest BCUT2D eigenvalue weighted by Crippen LogP contribution is 2.33. The smallest absolute Gasteiger partial charge is 0.337 e. The van der Waals surface area contributed by atoms with Gasteiger partial charge in [0.25, 0.3) is 0 Å². The number of carbonyl (C=O) groups excluding carboxylic acids is 1. The standard InChI is InChI=1S/C10H10Cl2O2.C8H8O2/c11-7-10(13-5-6-14-10)8-1-3-9(12)4-2-8;1-10-8(9)7-5-3-2-4-6-7/h1-4H,5-7H2;2-6H,1H3. The van der Waals surface area contributed by atoms with Gasteiger partial charge in [-0.2, -0.15) is 0 Å². The van der Waals surface area contributed by atoms with E-state index in [9.17, 15) is 4.79 Å². The molecule has 4 nitrogen and oxygen atoms in total. The Morgan fingerprint density at radius 1 is 1.08 bits per heavy atom. The van der Waals surface area contributed by atoms with E-state index >= 15 is 0 Å². The van der Waals surface area contributed by atoms with Crippen LogP contribution in [-0.2, 0) is 20.0 Å². The molecule has 1 saturated heterocycles. The predicted molar refractivity (Wildman–Crippen MR) is 93.5 cm³/mol. The van der Waals surface area contributed by atoms with Crippen LogP contribution in [0.2, 0.25) is 5.02 Å². The molecule has 128 valence electrons. The summed E-state index contributed by atoms with van der Waals surface area (Å²) in [5.74, 6) is -0.776. The maximum atomic E-state index is 10.8. The lowest BCUT2D eigenvalue weighted by Crippen LogP contribution is -2.29. The number of methoxy groups -OCH3 is 1. The van der Waals surface area contributed by atoms with E-state index in [4.69, 9.17) is 32.7 Å². The Kier molecular flexibility index (Phi) is 7.06. The van der Waals surface area contributed by atoms with E-state index in [1.165, 1.54) is 7.11 Å². The van der Waals surface area contributed by atoms with E-state index in [0.29, 0.717) is 23.8 Å². The van der Waals surface area contributed by atoms with Crippen molar-refractivity contribution in [1.29, 1.82) is 0 Å². The number of hydrogen-bond acceptors (Lipinski definition) is 4. The number of alkyl halides is 1. The Morgan fingerprint density at radius 2 is 1.67 bits per heavy atom. The molecule has 0 atom stereocenters. The summed E-state index contributed by atoms with van der Waals surface area (Å²) in [6, 6.07) is 16.2. The largest absolute Gasteiger partial charge is 0.465 e. The molecule has 0 bridgehead atoms. The molecule has 0 saturated carbocycles. The fourth-order valence-electron chi connectivity index (χ4n) is 2.17. The molecule has 2 aromatic carbocycles. The number of esters is 1. The molecule has 1 fully saturated rings. The molecule has 0 aromatic heterocycles. The van der Waals surface area contributed by atoms with Gasteiger partial charge in [-0.05, 0) is 24.3 Å². The molecule has 0 unspecified atom stereocenters. The number of ether oxygens (including phenoxy) is 3. The highest BCUT2D eigenvalue weighted by molar-refractivity contribution is 6.30. The summed E-state index contributed by atoms with van der Waals surface area (Å²) in [5, 5.41) is 0.691. The lowest BCUT2D eigenvalue weighted by atomic mass is 10.1. The lowest BCUT2D eigenvalue weighted by Gasteiger charge is -2.25. The molecular weight excluding hydrogens is 351 g/mol. The maximum Gasteiger partial charge on any atom is 0.337 e. The topological polar surface area (TPSA) is 44.8 Å². The van der Waals surface area contributed by atoms with Crippen LogP contribution >= 0.6 is 23.2 Å². The molecule has 1 aliphatic rings. The Balaban J connectivity index is 0.000000185. The zero-order chi connectivity index (χ0) is 17.4. The second-order valence-electron chi connectivity index (χ2n) is 4.95. The summed E-state index contributed by atoms with van der Waals surface area (Å²) in [5.41, 5.74) is 1.50. The third-order valence-corrected chi connectivity index (χ3v) is 4.01. The van der Waals surface area contributed by atoms with E-state index in [-0.39, 0.29) is 11.8 Å². The summed E-state index contributed by atoms with van der Waals surface area (Å²) >= 11 is 11.6. The van der Waals surface area contributed by atoms with Crippen LogP contribution in [0.4, 0.5) is 0 Å². The van der Waals surface area contributed by atoms with Crippen LogP contribution in [0.25, 0.3) is 0 Å². The van der Waals surface area contributed by atoms with Crippen LogP contribution in [0.15, 0.2) is 54.6 Å². The quantitative estimate of drug-likeness (QED) is 0.599. The van der Waals surface area contributed by atoms with Gasteiger partial charge in [-0.15, -0.1) is 11.6 Å². The maximum absolute atomic E-state index is 10.8. The molecule has 1 aliphatic heterocycles. The van der Waals surface area contributed by atoms with Gasteiger partial charge in [-0.25, -0.2) is 4.79 Å². The van der Waals surface area contributed by atoms with Gasteiger partial charge in [-0.1, -0.05) is 41.9 Å². The lowest BCUT2D eigenvalue weighted by molar-refractivity contribution is -0.146. The molecule has 0 amide bonds. The van der Waals surface area contributed by atoms with Crippen LogP contribution in [0.5, 0.6) is 0 Å². The molecule has 0 radical (unpaired) electrons. The summed E-state index contributed by atoms with van der Waals surface area (Å²) in [4.78, 5) is 10.8. The van der Waals surface area contributed by atoms with Gasteiger partial charge in [-0.3, -0.25) is 0 Å². The zero-order valence-corrected chi connectivity index (χ0v) is 14.7. The second kappa shape index (κ2) is 9.04. The fourth-order valence-corrected chi connectivity index (χ4v) is 2.61. The average molecular weight is 369 g/mol. The summed E-state index contributed by atoms with van der Waals surface area (Å²) in [6.07, 6.45) is 0. The van der Waals surface area contributed by atoms with E-state index in [1.807, 2.05) is 18.2 Å². The van der Waals surface area contributed by atoms with Crippen molar-refractivity contribution in [2.45, 2.75) is 5.79 Å². The molecule has 0 spiro atoms. The van der Waals surface area contributed by atoms with Crippen LogP contribution in [0.3, 0.4) is 0 Å². The first kappa shape index (κ1) is 18.7.